The van der Waals surface area contributed by atoms with Crippen molar-refractivity contribution in [2.45, 2.75) is 36.0 Å². The zero-order valence-electron chi connectivity index (χ0n) is 16.4. The van der Waals surface area contributed by atoms with Gasteiger partial charge in [-0.3, -0.25) is 14.5 Å². The number of hydrogen-bond donors (Lipinski definition) is 0. The number of fused-ring (bicyclic) bond motifs is 4. The number of rotatable bonds is 2. The van der Waals surface area contributed by atoms with Crippen LogP contribution in [0.2, 0.25) is 0 Å². The normalized spacial score (nSPS) is 21.7. The number of anilines is 2. The molecule has 7 heteroatoms. The van der Waals surface area contributed by atoms with E-state index in [0.29, 0.717) is 19.4 Å². The van der Waals surface area contributed by atoms with Gasteiger partial charge in [-0.1, -0.05) is 30.0 Å². The summed E-state index contributed by atoms with van der Waals surface area (Å²) in [5, 5.41) is 3.12. The lowest BCUT2D eigenvalue weighted by Gasteiger charge is -2.33. The van der Waals surface area contributed by atoms with Crippen molar-refractivity contribution in [3.8, 4) is 11.3 Å². The minimum absolute atomic E-state index is 0.0190. The molecule has 1 atom stereocenters. The maximum Gasteiger partial charge on any atom is 0.264 e. The van der Waals surface area contributed by atoms with Crippen LogP contribution in [0.15, 0.2) is 52.7 Å². The van der Waals surface area contributed by atoms with Crippen LogP contribution in [0.3, 0.4) is 0 Å². The lowest BCUT2D eigenvalue weighted by Crippen LogP contribution is -2.53. The van der Waals surface area contributed by atoms with Crippen LogP contribution >= 0.6 is 23.1 Å². The number of thioether (sulfide) groups is 1. The number of aromatic nitrogens is 1. The van der Waals surface area contributed by atoms with Crippen LogP contribution in [-0.2, 0) is 16.0 Å². The standard InChI is InChI=1S/C23H19N3O2S2/c1-14-24-17(13-29-14)15-6-7-18-16(12-15)9-11-25(18)22(28)23-10-8-21(27)26(23)19-4-2-3-5-20(19)30-23/h2-7,12-13H,8-11H2,1H3/t23-/m0/s1. The molecule has 150 valence electrons. The maximum atomic E-state index is 13.9. The SMILES string of the molecule is Cc1nc(-c2ccc3c(c2)CCN3C(=O)[C@@]23CCC(=O)N2c2ccccc2S3)cs1. The zero-order valence-corrected chi connectivity index (χ0v) is 18.1. The second-order valence-electron chi connectivity index (χ2n) is 7.89. The fourth-order valence-electron chi connectivity index (χ4n) is 4.76. The largest absolute Gasteiger partial charge is 0.309 e. The molecule has 0 unspecified atom stereocenters. The number of carbonyl (C=O) groups is 2. The van der Waals surface area contributed by atoms with Gasteiger partial charge in [0, 0.05) is 34.5 Å². The summed E-state index contributed by atoms with van der Waals surface area (Å²) in [6.07, 6.45) is 1.78. The van der Waals surface area contributed by atoms with E-state index in [-0.39, 0.29) is 11.8 Å². The van der Waals surface area contributed by atoms with E-state index in [9.17, 15) is 9.59 Å². The van der Waals surface area contributed by atoms with Crippen LogP contribution in [0.1, 0.15) is 23.4 Å². The van der Waals surface area contributed by atoms with E-state index < -0.39 is 4.87 Å². The molecule has 0 bridgehead atoms. The van der Waals surface area contributed by atoms with Gasteiger partial charge >= 0.3 is 0 Å². The zero-order chi connectivity index (χ0) is 20.5. The molecule has 2 amide bonds. The quantitative estimate of drug-likeness (QED) is 0.591. The Labute approximate surface area is 182 Å². The number of aryl methyl sites for hydroxylation is 1. The van der Waals surface area contributed by atoms with Crippen molar-refractivity contribution in [1.29, 1.82) is 0 Å². The van der Waals surface area contributed by atoms with Gasteiger partial charge in [-0.05, 0) is 49.6 Å². The summed E-state index contributed by atoms with van der Waals surface area (Å²) in [6.45, 7) is 2.65. The van der Waals surface area contributed by atoms with Crippen LogP contribution in [0.5, 0.6) is 0 Å². The van der Waals surface area contributed by atoms with Crippen molar-refractivity contribution >= 4 is 46.3 Å². The van der Waals surface area contributed by atoms with E-state index in [2.05, 4.69) is 16.4 Å². The molecule has 1 aromatic heterocycles. The first-order valence-electron chi connectivity index (χ1n) is 10.1. The smallest absolute Gasteiger partial charge is 0.264 e. The fraction of sp³-hybridized carbons (Fsp3) is 0.261. The van der Waals surface area contributed by atoms with Crippen molar-refractivity contribution in [3.05, 3.63) is 58.4 Å². The van der Waals surface area contributed by atoms with Gasteiger partial charge in [-0.15, -0.1) is 11.3 Å². The molecule has 0 radical (unpaired) electrons. The Morgan fingerprint density at radius 2 is 2.00 bits per heavy atom. The van der Waals surface area contributed by atoms with Crippen molar-refractivity contribution in [1.82, 2.24) is 4.98 Å². The third-order valence-corrected chi connectivity index (χ3v) is 8.38. The average Bonchev–Trinajstić information content (AvgIpc) is 3.50. The number of nitrogens with zero attached hydrogens (tertiary/aromatic N) is 3. The summed E-state index contributed by atoms with van der Waals surface area (Å²) < 4.78 is 0. The lowest BCUT2D eigenvalue weighted by atomic mass is 10.1. The molecule has 0 aliphatic carbocycles. The molecule has 3 aliphatic rings. The summed E-state index contributed by atoms with van der Waals surface area (Å²) >= 11 is 3.18. The molecule has 0 spiro atoms. The molecule has 2 aromatic carbocycles. The van der Waals surface area contributed by atoms with Crippen LogP contribution < -0.4 is 9.80 Å². The van der Waals surface area contributed by atoms with Gasteiger partial charge in [-0.2, -0.15) is 0 Å². The highest BCUT2D eigenvalue weighted by molar-refractivity contribution is 8.02. The number of para-hydroxylation sites is 1. The first-order valence-corrected chi connectivity index (χ1v) is 11.7. The highest BCUT2D eigenvalue weighted by Crippen LogP contribution is 2.57. The highest BCUT2D eigenvalue weighted by atomic mass is 32.2. The first kappa shape index (κ1) is 18.2. The molecule has 5 nitrogen and oxygen atoms in total. The molecule has 3 aromatic rings. The van der Waals surface area contributed by atoms with Crippen LogP contribution in [0.25, 0.3) is 11.3 Å². The first-order chi connectivity index (χ1) is 14.6. The Hall–Kier alpha value is -2.64. The number of amides is 2. The highest BCUT2D eigenvalue weighted by Gasteiger charge is 2.59. The van der Waals surface area contributed by atoms with E-state index >= 15 is 0 Å². The summed E-state index contributed by atoms with van der Waals surface area (Å²) in [6, 6.07) is 14.1. The Kier molecular flexibility index (Phi) is 3.89. The number of carbonyl (C=O) groups excluding carboxylic acids is 2. The van der Waals surface area contributed by atoms with Gasteiger partial charge in [0.25, 0.3) is 5.91 Å². The maximum absolute atomic E-state index is 13.9. The molecule has 6 rings (SSSR count). The van der Waals surface area contributed by atoms with E-state index in [1.807, 2.05) is 48.2 Å². The molecular formula is C23H19N3O2S2. The molecule has 3 aliphatic heterocycles. The Morgan fingerprint density at radius 3 is 2.83 bits per heavy atom. The molecular weight excluding hydrogens is 414 g/mol. The van der Waals surface area contributed by atoms with Gasteiger partial charge in [0.1, 0.15) is 0 Å². The minimum atomic E-state index is -0.854. The third kappa shape index (κ3) is 2.45. The fourth-order valence-corrected chi connectivity index (χ4v) is 6.85. The number of benzene rings is 2. The topological polar surface area (TPSA) is 53.5 Å². The van der Waals surface area contributed by atoms with Gasteiger partial charge in [0.15, 0.2) is 4.87 Å². The Balaban J connectivity index is 1.36. The summed E-state index contributed by atoms with van der Waals surface area (Å²) in [4.78, 5) is 35.0. The van der Waals surface area contributed by atoms with E-state index in [4.69, 9.17) is 0 Å². The molecule has 1 fully saturated rings. The lowest BCUT2D eigenvalue weighted by molar-refractivity contribution is -0.122. The molecule has 30 heavy (non-hydrogen) atoms. The van der Waals surface area contributed by atoms with Gasteiger partial charge in [0.2, 0.25) is 5.91 Å². The molecule has 0 N–H and O–H groups in total. The van der Waals surface area contributed by atoms with E-state index in [0.717, 1.165) is 39.0 Å². The van der Waals surface area contributed by atoms with Crippen LogP contribution in [-0.4, -0.2) is 28.2 Å². The summed E-state index contributed by atoms with van der Waals surface area (Å²) in [7, 11) is 0. The Bertz CT molecular complexity index is 1220. The monoisotopic (exact) mass is 433 g/mol. The third-order valence-electron chi connectivity index (χ3n) is 6.14. The minimum Gasteiger partial charge on any atom is -0.309 e. The van der Waals surface area contributed by atoms with Gasteiger partial charge < -0.3 is 4.90 Å². The van der Waals surface area contributed by atoms with Crippen molar-refractivity contribution in [2.24, 2.45) is 0 Å². The van der Waals surface area contributed by atoms with Gasteiger partial charge in [0.05, 0.1) is 16.4 Å². The molecule has 1 saturated heterocycles. The van der Waals surface area contributed by atoms with Crippen LogP contribution in [0, 0.1) is 6.92 Å². The number of thiazole rings is 1. The van der Waals surface area contributed by atoms with Gasteiger partial charge in [-0.25, -0.2) is 4.98 Å². The predicted octanol–water partition coefficient (Wildman–Crippen LogP) is 4.64. The van der Waals surface area contributed by atoms with E-state index in [1.54, 1.807) is 16.2 Å². The second-order valence-corrected chi connectivity index (χ2v) is 10.3. The second kappa shape index (κ2) is 6.43. The van der Waals surface area contributed by atoms with Crippen molar-refractivity contribution in [2.75, 3.05) is 16.3 Å². The summed E-state index contributed by atoms with van der Waals surface area (Å²) in [5.74, 6) is 0.0556. The predicted molar refractivity (Wildman–Crippen MR) is 120 cm³/mol. The van der Waals surface area contributed by atoms with Crippen molar-refractivity contribution in [3.63, 3.8) is 0 Å². The summed E-state index contributed by atoms with van der Waals surface area (Å²) in [5.41, 5.74) is 5.07. The molecule has 0 saturated carbocycles. The number of hydrogen-bond acceptors (Lipinski definition) is 5. The Morgan fingerprint density at radius 1 is 1.13 bits per heavy atom. The average molecular weight is 434 g/mol. The van der Waals surface area contributed by atoms with Crippen molar-refractivity contribution < 1.29 is 9.59 Å². The van der Waals surface area contributed by atoms with E-state index in [1.165, 1.54) is 17.3 Å². The molecule has 4 heterocycles. The van der Waals surface area contributed by atoms with Crippen LogP contribution in [0.4, 0.5) is 11.4 Å².